The Balaban J connectivity index is 0.00000289. The van der Waals surface area contributed by atoms with Crippen LogP contribution < -0.4 is 11.1 Å². The summed E-state index contributed by atoms with van der Waals surface area (Å²) in [6.45, 7) is 6.14. The molecule has 0 aromatic carbocycles. The fourth-order valence-electron chi connectivity index (χ4n) is 1.26. The Hall–Kier alpha value is -0.850. The van der Waals surface area contributed by atoms with E-state index in [1.165, 1.54) is 11.8 Å². The Morgan fingerprint density at radius 3 is 2.50 bits per heavy atom. The van der Waals surface area contributed by atoms with Gasteiger partial charge in [0.1, 0.15) is 0 Å². The summed E-state index contributed by atoms with van der Waals surface area (Å²) in [7, 11) is 0. The van der Waals surface area contributed by atoms with Crippen LogP contribution in [-0.4, -0.2) is 34.2 Å². The molecule has 1 heterocycles. The van der Waals surface area contributed by atoms with Gasteiger partial charge < -0.3 is 11.1 Å². The predicted molar refractivity (Wildman–Crippen MR) is 76.1 cm³/mol. The molecule has 0 saturated heterocycles. The van der Waals surface area contributed by atoms with Crippen LogP contribution in [0.2, 0.25) is 0 Å². The van der Waals surface area contributed by atoms with Crippen molar-refractivity contribution in [2.24, 2.45) is 5.73 Å². The lowest BCUT2D eigenvalue weighted by Crippen LogP contribution is -2.38. The van der Waals surface area contributed by atoms with Gasteiger partial charge in [0.15, 0.2) is 5.16 Å². The number of nitrogens with one attached hydrogen (secondary N) is 1. The molecule has 1 amide bonds. The van der Waals surface area contributed by atoms with Crippen LogP contribution in [0, 0.1) is 13.8 Å². The minimum atomic E-state index is -0.0456. The molecule has 18 heavy (non-hydrogen) atoms. The quantitative estimate of drug-likeness (QED) is 0.626. The van der Waals surface area contributed by atoms with E-state index in [2.05, 4.69) is 15.3 Å². The van der Waals surface area contributed by atoms with Crippen LogP contribution in [0.15, 0.2) is 11.2 Å². The van der Waals surface area contributed by atoms with E-state index in [1.54, 1.807) is 0 Å². The molecule has 0 aliphatic heterocycles. The average Bonchev–Trinajstić information content (AvgIpc) is 2.25. The Morgan fingerprint density at radius 1 is 1.44 bits per heavy atom. The van der Waals surface area contributed by atoms with Crippen molar-refractivity contribution in [3.8, 4) is 0 Å². The zero-order valence-electron chi connectivity index (χ0n) is 10.8. The number of hydrogen-bond donors (Lipinski definition) is 2. The molecule has 0 unspecified atom stereocenters. The van der Waals surface area contributed by atoms with Gasteiger partial charge in [-0.15, -0.1) is 12.4 Å². The van der Waals surface area contributed by atoms with Gasteiger partial charge >= 0.3 is 0 Å². The largest absolute Gasteiger partial charge is 0.352 e. The number of carbonyl (C=O) groups is 1. The average molecular weight is 291 g/mol. The van der Waals surface area contributed by atoms with Crippen molar-refractivity contribution in [2.45, 2.75) is 32.0 Å². The number of aryl methyl sites for hydroxylation is 2. The number of carbonyl (C=O) groups excluding carboxylic acids is 1. The summed E-state index contributed by atoms with van der Waals surface area (Å²) in [6, 6.07) is 1.91. The fourth-order valence-corrected chi connectivity index (χ4v) is 2.02. The minimum absolute atomic E-state index is 0. The van der Waals surface area contributed by atoms with Crippen LogP contribution >= 0.6 is 24.2 Å². The normalized spacial score (nSPS) is 11.6. The van der Waals surface area contributed by atoms with Crippen LogP contribution in [0.4, 0.5) is 0 Å². The van der Waals surface area contributed by atoms with E-state index in [4.69, 9.17) is 5.73 Å². The highest BCUT2D eigenvalue weighted by molar-refractivity contribution is 7.99. The van der Waals surface area contributed by atoms with E-state index in [-0.39, 0.29) is 24.4 Å². The standard InChI is InChI=1S/C11H18N4OS.ClH/c1-7-4-8(2)15-11(14-7)17-6-10(16)13-9(3)5-12;/h4,9H,5-6,12H2,1-3H3,(H,13,16);1H/t9-;/m0./s1. The molecule has 1 rings (SSSR count). The molecule has 3 N–H and O–H groups in total. The maximum Gasteiger partial charge on any atom is 0.230 e. The monoisotopic (exact) mass is 290 g/mol. The second-order valence-corrected chi connectivity index (χ2v) is 4.87. The SMILES string of the molecule is Cc1cc(C)nc(SCC(=O)N[C@@H](C)CN)n1.Cl. The summed E-state index contributed by atoms with van der Waals surface area (Å²) in [4.78, 5) is 20.0. The number of nitrogens with two attached hydrogens (primary N) is 1. The summed E-state index contributed by atoms with van der Waals surface area (Å²) in [5, 5.41) is 3.43. The summed E-state index contributed by atoms with van der Waals surface area (Å²) in [6.07, 6.45) is 0. The highest BCUT2D eigenvalue weighted by atomic mass is 35.5. The Labute approximate surface area is 118 Å². The molecular weight excluding hydrogens is 272 g/mol. The molecule has 7 heteroatoms. The molecule has 1 atom stereocenters. The van der Waals surface area contributed by atoms with Gasteiger partial charge in [0.2, 0.25) is 5.91 Å². The summed E-state index contributed by atoms with van der Waals surface area (Å²) in [5.74, 6) is 0.267. The molecule has 0 bridgehead atoms. The van der Waals surface area contributed by atoms with E-state index in [9.17, 15) is 4.79 Å². The summed E-state index contributed by atoms with van der Waals surface area (Å²) >= 11 is 1.33. The number of hydrogen-bond acceptors (Lipinski definition) is 5. The van der Waals surface area contributed by atoms with Gasteiger partial charge in [-0.3, -0.25) is 4.79 Å². The van der Waals surface area contributed by atoms with Crippen LogP contribution in [0.5, 0.6) is 0 Å². The van der Waals surface area contributed by atoms with Gasteiger partial charge in [-0.25, -0.2) is 9.97 Å². The van der Waals surface area contributed by atoms with Crippen molar-refractivity contribution in [2.75, 3.05) is 12.3 Å². The molecule has 0 aliphatic carbocycles. The van der Waals surface area contributed by atoms with Crippen LogP contribution in [-0.2, 0) is 4.79 Å². The molecule has 0 aliphatic rings. The third kappa shape index (κ3) is 6.18. The molecular formula is C11H19ClN4OS. The first kappa shape index (κ1) is 17.2. The molecule has 0 spiro atoms. The zero-order valence-corrected chi connectivity index (χ0v) is 12.4. The Morgan fingerprint density at radius 2 is 2.00 bits per heavy atom. The Kier molecular flexibility index (Phi) is 7.90. The van der Waals surface area contributed by atoms with Gasteiger partial charge in [-0.2, -0.15) is 0 Å². The van der Waals surface area contributed by atoms with Crippen molar-refractivity contribution >= 4 is 30.1 Å². The van der Waals surface area contributed by atoms with Gasteiger partial charge in [0.25, 0.3) is 0 Å². The van der Waals surface area contributed by atoms with E-state index in [0.29, 0.717) is 17.5 Å². The van der Waals surface area contributed by atoms with Gasteiger partial charge in [0, 0.05) is 24.0 Å². The number of amides is 1. The molecule has 102 valence electrons. The lowest BCUT2D eigenvalue weighted by Gasteiger charge is -2.10. The smallest absolute Gasteiger partial charge is 0.230 e. The number of thioether (sulfide) groups is 1. The van der Waals surface area contributed by atoms with Gasteiger partial charge in [0.05, 0.1) is 5.75 Å². The number of aromatic nitrogens is 2. The first-order valence-electron chi connectivity index (χ1n) is 5.45. The van der Waals surface area contributed by atoms with Crippen molar-refractivity contribution in [1.82, 2.24) is 15.3 Å². The van der Waals surface area contributed by atoms with Crippen LogP contribution in [0.25, 0.3) is 0 Å². The Bertz CT molecular complexity index is 382. The summed E-state index contributed by atoms with van der Waals surface area (Å²) in [5.41, 5.74) is 7.25. The van der Waals surface area contributed by atoms with Crippen molar-refractivity contribution in [3.05, 3.63) is 17.5 Å². The third-order valence-corrected chi connectivity index (χ3v) is 2.90. The first-order valence-corrected chi connectivity index (χ1v) is 6.44. The maximum atomic E-state index is 11.5. The molecule has 1 aromatic rings. The molecule has 0 fully saturated rings. The van der Waals surface area contributed by atoms with Crippen molar-refractivity contribution in [3.63, 3.8) is 0 Å². The number of rotatable bonds is 5. The van der Waals surface area contributed by atoms with E-state index in [0.717, 1.165) is 11.4 Å². The third-order valence-electron chi connectivity index (χ3n) is 2.06. The van der Waals surface area contributed by atoms with E-state index < -0.39 is 0 Å². The fraction of sp³-hybridized carbons (Fsp3) is 0.545. The second kappa shape index (κ2) is 8.29. The number of halogens is 1. The van der Waals surface area contributed by atoms with Crippen LogP contribution in [0.1, 0.15) is 18.3 Å². The molecule has 0 saturated carbocycles. The van der Waals surface area contributed by atoms with E-state index >= 15 is 0 Å². The van der Waals surface area contributed by atoms with Gasteiger partial charge in [-0.05, 0) is 26.8 Å². The predicted octanol–water partition coefficient (Wildman–Crippen LogP) is 1.07. The topological polar surface area (TPSA) is 80.9 Å². The number of nitrogens with zero attached hydrogens (tertiary/aromatic N) is 2. The maximum absolute atomic E-state index is 11.5. The van der Waals surface area contributed by atoms with E-state index in [1.807, 2.05) is 26.8 Å². The minimum Gasteiger partial charge on any atom is -0.352 e. The second-order valence-electron chi connectivity index (χ2n) is 3.93. The summed E-state index contributed by atoms with van der Waals surface area (Å²) < 4.78 is 0. The van der Waals surface area contributed by atoms with Gasteiger partial charge in [-0.1, -0.05) is 11.8 Å². The van der Waals surface area contributed by atoms with Crippen LogP contribution in [0.3, 0.4) is 0 Å². The highest BCUT2D eigenvalue weighted by Crippen LogP contribution is 2.13. The molecule has 1 aromatic heterocycles. The zero-order chi connectivity index (χ0) is 12.8. The van der Waals surface area contributed by atoms with Crippen molar-refractivity contribution in [1.29, 1.82) is 0 Å². The first-order chi connectivity index (χ1) is 8.01. The lowest BCUT2D eigenvalue weighted by atomic mass is 10.3. The molecule has 5 nitrogen and oxygen atoms in total. The highest BCUT2D eigenvalue weighted by Gasteiger charge is 2.08. The lowest BCUT2D eigenvalue weighted by molar-refractivity contribution is -0.119. The van der Waals surface area contributed by atoms with Crippen molar-refractivity contribution < 1.29 is 4.79 Å². The molecule has 0 radical (unpaired) electrons.